The van der Waals surface area contributed by atoms with Crippen LogP contribution in [-0.4, -0.2) is 59.6 Å². The zero-order chi connectivity index (χ0) is 36.3. The highest BCUT2D eigenvalue weighted by molar-refractivity contribution is 7.19. The van der Waals surface area contributed by atoms with Gasteiger partial charge in [0.25, 0.3) is 11.8 Å². The lowest BCUT2D eigenvalue weighted by molar-refractivity contribution is -0.136. The number of ether oxygens (including phenoxy) is 1. The molecule has 0 bridgehead atoms. The number of nitrogens with zero attached hydrogens (tertiary/aromatic N) is 4. The van der Waals surface area contributed by atoms with Crippen molar-refractivity contribution in [1.29, 1.82) is 0 Å². The number of anilines is 3. The number of fused-ring (bicyclic) bond motifs is 4. The fourth-order valence-electron chi connectivity index (χ4n) is 7.72. The van der Waals surface area contributed by atoms with E-state index in [1.54, 1.807) is 53.6 Å². The second-order valence-corrected chi connectivity index (χ2v) is 14.9. The number of aromatic amines is 1. The van der Waals surface area contributed by atoms with Gasteiger partial charge in [0.15, 0.2) is 0 Å². The molecule has 53 heavy (non-hydrogen) atoms. The Hall–Kier alpha value is -5.53. The lowest BCUT2D eigenvalue weighted by Gasteiger charge is -2.53. The number of thiophene rings is 1. The molecule has 3 aliphatic heterocycles. The van der Waals surface area contributed by atoms with Crippen molar-refractivity contribution in [3.05, 3.63) is 113 Å². The molecule has 0 unspecified atom stereocenters. The minimum Gasteiger partial charge on any atom is -0.381 e. The number of rotatable bonds is 5. The Morgan fingerprint density at radius 2 is 1.74 bits per heavy atom. The van der Waals surface area contributed by atoms with Crippen LogP contribution in [0, 0.1) is 5.41 Å². The molecule has 0 saturated carbocycles. The van der Waals surface area contributed by atoms with Crippen LogP contribution in [0.1, 0.15) is 44.7 Å². The Morgan fingerprint density at radius 1 is 0.943 bits per heavy atom. The van der Waals surface area contributed by atoms with Gasteiger partial charge in [-0.3, -0.25) is 9.59 Å². The zero-order valence-electron chi connectivity index (χ0n) is 28.4. The van der Waals surface area contributed by atoms with Crippen molar-refractivity contribution in [2.75, 3.05) is 48.0 Å². The highest BCUT2D eigenvalue weighted by atomic mass is 32.1. The summed E-state index contributed by atoms with van der Waals surface area (Å²) in [5.74, 6) is 0.589. The Morgan fingerprint density at radius 3 is 2.53 bits per heavy atom. The van der Waals surface area contributed by atoms with Crippen LogP contribution in [0.15, 0.2) is 91.1 Å². The maximum absolute atomic E-state index is 14.0. The number of benzene rings is 3. The fraction of sp³-hybridized carbons (Fsp3) is 0.250. The summed E-state index contributed by atoms with van der Waals surface area (Å²) in [4.78, 5) is 45.0. The highest BCUT2D eigenvalue weighted by Crippen LogP contribution is 2.45. The maximum atomic E-state index is 14.0. The van der Waals surface area contributed by atoms with Crippen molar-refractivity contribution in [2.45, 2.75) is 25.4 Å². The number of pyridine rings is 1. The molecule has 6 aromatic rings. The number of alkyl halides is 3. The summed E-state index contributed by atoms with van der Waals surface area (Å²) in [7, 11) is 0. The number of carbonyl (C=O) groups excluding carboxylic acids is 2. The third-order valence-electron chi connectivity index (χ3n) is 10.5. The van der Waals surface area contributed by atoms with Crippen molar-refractivity contribution in [3.63, 3.8) is 0 Å². The molecule has 3 aromatic heterocycles. The van der Waals surface area contributed by atoms with Crippen LogP contribution in [0.2, 0.25) is 0 Å². The average Bonchev–Trinajstić information content (AvgIpc) is 3.75. The van der Waals surface area contributed by atoms with Gasteiger partial charge in [0.2, 0.25) is 0 Å². The summed E-state index contributed by atoms with van der Waals surface area (Å²) in [6.45, 7) is 3.64. The quantitative estimate of drug-likeness (QED) is 0.184. The van der Waals surface area contributed by atoms with Gasteiger partial charge in [0.05, 0.1) is 32.7 Å². The predicted octanol–water partition coefficient (Wildman–Crippen LogP) is 8.44. The number of carbonyl (C=O) groups is 2. The summed E-state index contributed by atoms with van der Waals surface area (Å²) < 4.78 is 46.6. The monoisotopic (exact) mass is 734 g/mol. The van der Waals surface area contributed by atoms with E-state index in [-0.39, 0.29) is 28.3 Å². The molecule has 268 valence electrons. The van der Waals surface area contributed by atoms with E-state index in [1.165, 1.54) is 17.4 Å². The number of nitrogens with one attached hydrogen (secondary N) is 2. The van der Waals surface area contributed by atoms with Crippen LogP contribution in [0.5, 0.6) is 0 Å². The molecule has 6 heterocycles. The van der Waals surface area contributed by atoms with Gasteiger partial charge < -0.3 is 24.8 Å². The molecule has 9 rings (SSSR count). The lowest BCUT2D eigenvalue weighted by atomic mass is 9.73. The molecule has 0 radical (unpaired) electrons. The van der Waals surface area contributed by atoms with Gasteiger partial charge in [-0.1, -0.05) is 24.3 Å². The van der Waals surface area contributed by atoms with E-state index in [0.717, 1.165) is 71.8 Å². The first kappa shape index (κ1) is 33.3. The molecule has 13 heteroatoms. The number of halogens is 3. The van der Waals surface area contributed by atoms with Gasteiger partial charge in [-0.25, -0.2) is 9.97 Å². The Bertz CT molecular complexity index is 2370. The van der Waals surface area contributed by atoms with Gasteiger partial charge in [0, 0.05) is 66.2 Å². The second kappa shape index (κ2) is 12.8. The largest absolute Gasteiger partial charge is 0.418 e. The molecule has 3 aliphatic rings. The van der Waals surface area contributed by atoms with Crippen LogP contribution in [0.4, 0.5) is 30.4 Å². The van der Waals surface area contributed by atoms with E-state index in [0.29, 0.717) is 41.4 Å². The molecule has 9 nitrogen and oxygen atoms in total. The average molecular weight is 735 g/mol. The van der Waals surface area contributed by atoms with Gasteiger partial charge in [-0.05, 0) is 85.5 Å². The van der Waals surface area contributed by atoms with Crippen LogP contribution in [0.3, 0.4) is 0 Å². The van der Waals surface area contributed by atoms with Crippen LogP contribution in [-0.2, 0) is 17.3 Å². The molecule has 2 fully saturated rings. The number of amides is 2. The molecular weight excluding hydrogens is 702 g/mol. The number of hydrogen-bond donors (Lipinski definition) is 2. The predicted molar refractivity (Wildman–Crippen MR) is 199 cm³/mol. The van der Waals surface area contributed by atoms with E-state index < -0.39 is 11.7 Å². The van der Waals surface area contributed by atoms with Gasteiger partial charge >= 0.3 is 6.18 Å². The number of imidazole rings is 1. The maximum Gasteiger partial charge on any atom is 0.418 e. The fourth-order valence-corrected chi connectivity index (χ4v) is 8.91. The molecule has 2 amide bonds. The first-order valence-corrected chi connectivity index (χ1v) is 18.3. The summed E-state index contributed by atoms with van der Waals surface area (Å²) in [6, 6.07) is 24.0. The number of aromatic nitrogens is 3. The van der Waals surface area contributed by atoms with Crippen molar-refractivity contribution in [1.82, 2.24) is 15.0 Å². The van der Waals surface area contributed by atoms with Crippen molar-refractivity contribution in [2.24, 2.45) is 5.41 Å². The summed E-state index contributed by atoms with van der Waals surface area (Å²) in [6.07, 6.45) is -0.233. The lowest BCUT2D eigenvalue weighted by Crippen LogP contribution is -2.59. The highest BCUT2D eigenvalue weighted by Gasteiger charge is 2.45. The Balaban J connectivity index is 0.926. The number of H-pyrrole nitrogens is 1. The van der Waals surface area contributed by atoms with Crippen LogP contribution in [0.25, 0.3) is 32.2 Å². The minimum atomic E-state index is -4.51. The topological polar surface area (TPSA) is 103 Å². The molecule has 3 aromatic carbocycles. The van der Waals surface area contributed by atoms with Gasteiger partial charge in [-0.2, -0.15) is 13.2 Å². The summed E-state index contributed by atoms with van der Waals surface area (Å²) in [5.41, 5.74) is 3.79. The molecule has 1 spiro atoms. The first-order valence-electron chi connectivity index (χ1n) is 17.5. The smallest absolute Gasteiger partial charge is 0.381 e. The standard InChI is InChI=1S/C40H33F3N6O3S/c41-40(42,43)29-7-3-8-30-33(29)47-35(46-30)32-21-25-14-18-49(31-9-2-1-5-27(31)34(25)53-32)38(51)24-10-12-26(13-11-24)45-37(50)28-6-4-17-44-36(28)48-22-39(23-48)15-19-52-20-16-39/h1-13,17,21H,14-16,18-20,22-23H2,(H,45,50)(H,46,47). The van der Waals surface area contributed by atoms with Crippen LogP contribution < -0.4 is 15.1 Å². The summed E-state index contributed by atoms with van der Waals surface area (Å²) >= 11 is 1.44. The van der Waals surface area contributed by atoms with Crippen LogP contribution >= 0.6 is 11.3 Å². The molecule has 0 aliphatic carbocycles. The summed E-state index contributed by atoms with van der Waals surface area (Å²) in [5, 5.41) is 2.98. The van der Waals surface area contributed by atoms with E-state index in [2.05, 4.69) is 25.2 Å². The molecule has 0 atom stereocenters. The molecular formula is C40H33F3N6O3S. The third kappa shape index (κ3) is 6.03. The van der Waals surface area contributed by atoms with E-state index in [9.17, 15) is 22.8 Å². The minimum absolute atomic E-state index is 0.0431. The normalized spacial score (nSPS) is 16.5. The molecule has 2 N–H and O–H groups in total. The van der Waals surface area contributed by atoms with E-state index in [4.69, 9.17) is 4.74 Å². The number of para-hydroxylation sites is 2. The molecule has 2 saturated heterocycles. The first-order chi connectivity index (χ1) is 25.7. The van der Waals surface area contributed by atoms with E-state index in [1.807, 2.05) is 30.3 Å². The van der Waals surface area contributed by atoms with Crippen molar-refractivity contribution in [3.8, 4) is 21.1 Å². The SMILES string of the molecule is O=C(Nc1ccc(C(=O)N2CCc3cc(-c4nc5cccc(C(F)(F)F)c5[nH]4)sc3-c3ccccc32)cc1)c1cccnc1N1CC2(CCOCC2)C1. The van der Waals surface area contributed by atoms with E-state index >= 15 is 0 Å². The van der Waals surface area contributed by atoms with Crippen molar-refractivity contribution < 1.29 is 27.5 Å². The Labute approximate surface area is 306 Å². The van der Waals surface area contributed by atoms with Gasteiger partial charge in [0.1, 0.15) is 11.6 Å². The Kier molecular flexibility index (Phi) is 8.08. The number of hydrogen-bond acceptors (Lipinski definition) is 7. The third-order valence-corrected chi connectivity index (χ3v) is 11.7. The zero-order valence-corrected chi connectivity index (χ0v) is 29.2. The van der Waals surface area contributed by atoms with Crippen molar-refractivity contribution >= 4 is 51.4 Å². The second-order valence-electron chi connectivity index (χ2n) is 13.8. The van der Waals surface area contributed by atoms with Gasteiger partial charge in [-0.15, -0.1) is 11.3 Å².